The molecule has 2 heterocycles. The van der Waals surface area contributed by atoms with Crippen molar-refractivity contribution in [3.8, 4) is 11.5 Å². The first-order valence-corrected chi connectivity index (χ1v) is 12.5. The number of nitrogens with zero attached hydrogens (tertiary/aromatic N) is 2. The molecule has 186 valence electrons. The lowest BCUT2D eigenvalue weighted by molar-refractivity contribution is -0.534. The first-order valence-electron chi connectivity index (χ1n) is 11.3. The lowest BCUT2D eigenvalue weighted by atomic mass is 9.79. The van der Waals surface area contributed by atoms with E-state index in [0.29, 0.717) is 44.4 Å². The van der Waals surface area contributed by atoms with Crippen molar-refractivity contribution in [3.05, 3.63) is 97.0 Å². The highest BCUT2D eigenvalue weighted by molar-refractivity contribution is 9.10. The number of likely N-dealkylation sites (N-methyl/N-ethyl adjacent to an activating group) is 1. The molecule has 5 rings (SSSR count). The molecule has 0 aromatic heterocycles. The number of carbonyl (C=O) groups is 1. The topological polar surface area (TPSA) is 93.9 Å². The summed E-state index contributed by atoms with van der Waals surface area (Å²) in [6, 6.07) is 16.9. The lowest BCUT2D eigenvalue weighted by Gasteiger charge is -2.30. The Bertz CT molecular complexity index is 1370. The van der Waals surface area contributed by atoms with E-state index in [1.165, 1.54) is 7.11 Å². The zero-order chi connectivity index (χ0) is 25.6. The number of hydrogen-bond acceptors (Lipinski definition) is 6. The summed E-state index contributed by atoms with van der Waals surface area (Å²) in [6.45, 7) is 0.528. The number of nitrogens with one attached hydrogen (secondary N) is 1. The Morgan fingerprint density at radius 3 is 2.67 bits per heavy atom. The Morgan fingerprint density at radius 1 is 1.22 bits per heavy atom. The third-order valence-corrected chi connectivity index (χ3v) is 8.01. The zero-order valence-corrected chi connectivity index (χ0v) is 21.9. The molecule has 1 N–H and O–H groups in total. The summed E-state index contributed by atoms with van der Waals surface area (Å²) in [5.74, 6) is -0.0805. The fourth-order valence-electron chi connectivity index (χ4n) is 5.44. The van der Waals surface area contributed by atoms with Gasteiger partial charge >= 0.3 is 0 Å². The van der Waals surface area contributed by atoms with Crippen LogP contribution in [0.3, 0.4) is 0 Å². The van der Waals surface area contributed by atoms with Crippen molar-refractivity contribution >= 4 is 39.1 Å². The van der Waals surface area contributed by atoms with E-state index >= 15 is 0 Å². The average Bonchev–Trinajstić information content (AvgIpc) is 3.33. The van der Waals surface area contributed by atoms with E-state index in [1.807, 2.05) is 18.2 Å². The van der Waals surface area contributed by atoms with Crippen molar-refractivity contribution in [3.63, 3.8) is 0 Å². The van der Waals surface area contributed by atoms with Crippen LogP contribution in [-0.2, 0) is 16.9 Å². The van der Waals surface area contributed by atoms with Crippen LogP contribution >= 0.6 is 27.5 Å². The summed E-state index contributed by atoms with van der Waals surface area (Å²) in [4.78, 5) is 27.3. The Labute approximate surface area is 221 Å². The number of anilines is 1. The first-order chi connectivity index (χ1) is 17.3. The van der Waals surface area contributed by atoms with E-state index in [-0.39, 0.29) is 17.4 Å². The van der Waals surface area contributed by atoms with Gasteiger partial charge in [-0.05, 0) is 52.8 Å². The minimum absolute atomic E-state index is 0.220. The molecule has 2 aliphatic rings. The van der Waals surface area contributed by atoms with Gasteiger partial charge in [-0.2, -0.15) is 0 Å². The van der Waals surface area contributed by atoms with Gasteiger partial charge in [-0.3, -0.25) is 19.8 Å². The molecule has 1 amide bonds. The number of ether oxygens (including phenoxy) is 2. The van der Waals surface area contributed by atoms with E-state index in [2.05, 4.69) is 21.2 Å². The second kappa shape index (κ2) is 9.38. The van der Waals surface area contributed by atoms with Crippen molar-refractivity contribution in [2.45, 2.75) is 24.1 Å². The molecule has 1 fully saturated rings. The second-order valence-electron chi connectivity index (χ2n) is 8.90. The quantitative estimate of drug-likeness (QED) is 0.322. The Balaban J connectivity index is 1.54. The van der Waals surface area contributed by atoms with Gasteiger partial charge in [-0.1, -0.05) is 48.0 Å². The number of methoxy groups -OCH3 is 1. The summed E-state index contributed by atoms with van der Waals surface area (Å²) in [5.41, 5.74) is 1.29. The molecule has 0 radical (unpaired) electrons. The molecule has 0 aliphatic carbocycles. The van der Waals surface area contributed by atoms with E-state index in [0.717, 1.165) is 5.56 Å². The van der Waals surface area contributed by atoms with Crippen LogP contribution in [0.15, 0.2) is 65.1 Å². The molecule has 10 heteroatoms. The van der Waals surface area contributed by atoms with Gasteiger partial charge in [0.2, 0.25) is 0 Å². The van der Waals surface area contributed by atoms with Crippen molar-refractivity contribution in [1.29, 1.82) is 0 Å². The van der Waals surface area contributed by atoms with Crippen molar-refractivity contribution in [2.75, 3.05) is 26.0 Å². The van der Waals surface area contributed by atoms with Gasteiger partial charge in [0.1, 0.15) is 6.61 Å². The lowest BCUT2D eigenvalue weighted by Crippen LogP contribution is -2.54. The molecule has 3 aromatic carbocycles. The molecule has 2 aliphatic heterocycles. The molecule has 0 unspecified atom stereocenters. The maximum atomic E-state index is 13.3. The predicted octanol–water partition coefficient (Wildman–Crippen LogP) is 5.21. The largest absolute Gasteiger partial charge is 0.493 e. The summed E-state index contributed by atoms with van der Waals surface area (Å²) >= 11 is 9.82. The normalized spacial score (nSPS) is 22.9. The van der Waals surface area contributed by atoms with Crippen LogP contribution in [0.2, 0.25) is 5.02 Å². The fourth-order valence-corrected chi connectivity index (χ4v) is 6.20. The number of benzene rings is 3. The molecule has 1 spiro atoms. The minimum atomic E-state index is -1.41. The highest BCUT2D eigenvalue weighted by Crippen LogP contribution is 2.53. The summed E-state index contributed by atoms with van der Waals surface area (Å²) in [6.07, 6.45) is 0. The van der Waals surface area contributed by atoms with Crippen molar-refractivity contribution < 1.29 is 19.2 Å². The van der Waals surface area contributed by atoms with Crippen molar-refractivity contribution in [2.24, 2.45) is 0 Å². The molecule has 3 aromatic rings. The summed E-state index contributed by atoms with van der Waals surface area (Å²) in [7, 11) is 3.27. The fraction of sp³-hybridized carbons (Fsp3) is 0.269. The Hall–Kier alpha value is -3.14. The van der Waals surface area contributed by atoms with Crippen LogP contribution in [0, 0.1) is 10.1 Å². The number of fused-ring (bicyclic) bond motifs is 2. The van der Waals surface area contributed by atoms with E-state index < -0.39 is 17.5 Å². The first kappa shape index (κ1) is 24.5. The maximum Gasteiger partial charge on any atom is 0.256 e. The monoisotopic (exact) mass is 571 g/mol. The van der Waals surface area contributed by atoms with Crippen LogP contribution in [0.5, 0.6) is 11.5 Å². The van der Waals surface area contributed by atoms with E-state index in [9.17, 15) is 14.9 Å². The van der Waals surface area contributed by atoms with Gasteiger partial charge in [-0.25, -0.2) is 0 Å². The number of hydrogen-bond donors (Lipinski definition) is 1. The molecule has 0 bridgehead atoms. The SMILES string of the molecule is COc1cc([C@@H]2CN(C)[C@]3(C(=O)Nc4ccccc43)[C@@H]2[N+](=O)[O-])cc(Br)c1OCc1ccccc1Cl. The van der Waals surface area contributed by atoms with Gasteiger partial charge in [0.15, 0.2) is 17.0 Å². The van der Waals surface area contributed by atoms with Crippen LogP contribution in [0.1, 0.15) is 22.6 Å². The van der Waals surface area contributed by atoms with Crippen molar-refractivity contribution in [1.82, 2.24) is 4.90 Å². The Morgan fingerprint density at radius 2 is 1.94 bits per heavy atom. The number of para-hydroxylation sites is 1. The maximum absolute atomic E-state index is 13.3. The predicted molar refractivity (Wildman–Crippen MR) is 139 cm³/mol. The second-order valence-corrected chi connectivity index (χ2v) is 10.2. The Kier molecular flexibility index (Phi) is 6.40. The van der Waals surface area contributed by atoms with Crippen LogP contribution in [-0.4, -0.2) is 42.5 Å². The average molecular weight is 573 g/mol. The number of carbonyl (C=O) groups excluding carboxylic acids is 1. The summed E-state index contributed by atoms with van der Waals surface area (Å²) in [5, 5.41) is 16.0. The minimum Gasteiger partial charge on any atom is -0.493 e. The highest BCUT2D eigenvalue weighted by Gasteiger charge is 2.68. The number of amides is 1. The number of rotatable bonds is 6. The molecule has 8 nitrogen and oxygen atoms in total. The van der Waals surface area contributed by atoms with Gasteiger partial charge in [0, 0.05) is 33.3 Å². The molecule has 0 saturated carbocycles. The third kappa shape index (κ3) is 3.73. The number of nitro groups is 1. The van der Waals surface area contributed by atoms with Gasteiger partial charge in [0.05, 0.1) is 17.5 Å². The molecular weight excluding hydrogens is 550 g/mol. The highest BCUT2D eigenvalue weighted by atomic mass is 79.9. The van der Waals surface area contributed by atoms with Crippen LogP contribution in [0.4, 0.5) is 5.69 Å². The number of halogens is 2. The summed E-state index contributed by atoms with van der Waals surface area (Å²) < 4.78 is 12.2. The standard InChI is InChI=1S/C26H23BrClN3O5/c1-30-13-17(24(31(33)34)26(30)18-8-4-6-10-21(18)29-25(26)32)16-11-19(27)23(22(12-16)35-2)36-14-15-7-3-5-9-20(15)28/h3-12,17,24H,13-14H2,1-2H3,(H,29,32)/t17-,24+,26-/m0/s1. The molecule has 3 atom stereocenters. The molecular formula is C26H23BrClN3O5. The molecule has 36 heavy (non-hydrogen) atoms. The third-order valence-electron chi connectivity index (χ3n) is 7.05. The van der Waals surface area contributed by atoms with E-state index in [4.69, 9.17) is 21.1 Å². The number of likely N-dealkylation sites (tertiary alicyclic amines) is 1. The van der Waals surface area contributed by atoms with E-state index in [1.54, 1.807) is 54.4 Å². The smallest absolute Gasteiger partial charge is 0.256 e. The van der Waals surface area contributed by atoms with Crippen LogP contribution < -0.4 is 14.8 Å². The van der Waals surface area contributed by atoms with Gasteiger partial charge < -0.3 is 14.8 Å². The molecule has 1 saturated heterocycles. The van der Waals surface area contributed by atoms with Gasteiger partial charge in [0.25, 0.3) is 11.9 Å². The zero-order valence-electron chi connectivity index (χ0n) is 19.5. The van der Waals surface area contributed by atoms with Gasteiger partial charge in [-0.15, -0.1) is 0 Å². The van der Waals surface area contributed by atoms with Crippen LogP contribution in [0.25, 0.3) is 0 Å².